The van der Waals surface area contributed by atoms with Crippen LogP contribution in [0.3, 0.4) is 0 Å². The van der Waals surface area contributed by atoms with Crippen LogP contribution in [0.5, 0.6) is 0 Å². The molecule has 2 saturated heterocycles. The lowest BCUT2D eigenvalue weighted by Gasteiger charge is -2.55. The topological polar surface area (TPSA) is 140 Å². The Hall–Kier alpha value is -3.93. The lowest BCUT2D eigenvalue weighted by Crippen LogP contribution is -2.75. The van der Waals surface area contributed by atoms with Crippen LogP contribution in [-0.2, 0) is 20.7 Å². The molecule has 3 aliphatic heterocycles. The average molecular weight is 466 g/mol. The van der Waals surface area contributed by atoms with Crippen molar-refractivity contribution in [3.8, 4) is 11.4 Å². The van der Waals surface area contributed by atoms with Gasteiger partial charge in [0.25, 0.3) is 0 Å². The molecular formula is C22H19FN6O5. The van der Waals surface area contributed by atoms with E-state index in [0.29, 0.717) is 16.6 Å². The molecule has 1 aromatic carbocycles. The average Bonchev–Trinajstić information content (AvgIpc) is 3.21. The molecule has 34 heavy (non-hydrogen) atoms. The summed E-state index contributed by atoms with van der Waals surface area (Å²) in [6, 6.07) is -0.0754. The Morgan fingerprint density at radius 3 is 2.65 bits per heavy atom. The number of imide groups is 2. The molecule has 0 aliphatic carbocycles. The van der Waals surface area contributed by atoms with Gasteiger partial charge in [-0.25, -0.2) is 9.18 Å². The van der Waals surface area contributed by atoms with Crippen LogP contribution in [-0.4, -0.2) is 57.8 Å². The summed E-state index contributed by atoms with van der Waals surface area (Å²) in [5.74, 6) is -2.14. The summed E-state index contributed by atoms with van der Waals surface area (Å²) in [5, 5.41) is 8.78. The lowest BCUT2D eigenvalue weighted by molar-refractivity contribution is -0.153. The van der Waals surface area contributed by atoms with Crippen molar-refractivity contribution in [3.05, 3.63) is 36.0 Å². The quantitative estimate of drug-likeness (QED) is 0.508. The minimum absolute atomic E-state index is 0.0615. The van der Waals surface area contributed by atoms with E-state index in [2.05, 4.69) is 25.8 Å². The third-order valence-corrected chi connectivity index (χ3v) is 6.77. The van der Waals surface area contributed by atoms with Gasteiger partial charge in [0.15, 0.2) is 11.2 Å². The number of carbonyl (C=O) groups excluding carboxylic acids is 3. The highest BCUT2D eigenvalue weighted by Gasteiger charge is 2.63. The smallest absolute Gasteiger partial charge is 0.328 e. The first-order chi connectivity index (χ1) is 16.3. The number of barbiturate groups is 1. The number of nitrogens with zero attached hydrogens (tertiary/aromatic N) is 4. The van der Waals surface area contributed by atoms with Crippen LogP contribution >= 0.6 is 0 Å². The fourth-order valence-corrected chi connectivity index (χ4v) is 5.55. The van der Waals surface area contributed by atoms with Gasteiger partial charge in [0.1, 0.15) is 11.4 Å². The SMILES string of the molecule is C[C@@H]1CN2c3c(cc4c(-c5cnccn5)noc4c3F)CC3(C(=O)NC(=O)NC3=O)[C@H]2[C@H](C)O1. The van der Waals surface area contributed by atoms with Crippen LogP contribution in [0, 0.1) is 11.2 Å². The van der Waals surface area contributed by atoms with E-state index in [1.165, 1.54) is 18.6 Å². The lowest BCUT2D eigenvalue weighted by atomic mass is 9.66. The van der Waals surface area contributed by atoms with Crippen molar-refractivity contribution in [2.24, 2.45) is 5.41 Å². The second-order valence-corrected chi connectivity index (χ2v) is 8.83. The number of hydrogen-bond acceptors (Lipinski definition) is 9. The number of rotatable bonds is 1. The van der Waals surface area contributed by atoms with E-state index in [-0.39, 0.29) is 36.0 Å². The molecule has 0 bridgehead atoms. The molecule has 0 radical (unpaired) electrons. The molecule has 5 heterocycles. The van der Waals surface area contributed by atoms with E-state index in [1.54, 1.807) is 17.9 Å². The van der Waals surface area contributed by atoms with Gasteiger partial charge < -0.3 is 14.2 Å². The van der Waals surface area contributed by atoms with Crippen LogP contribution in [0.2, 0.25) is 0 Å². The Morgan fingerprint density at radius 2 is 1.94 bits per heavy atom. The zero-order chi connectivity index (χ0) is 23.8. The number of amides is 4. The molecule has 0 unspecified atom stereocenters. The van der Waals surface area contributed by atoms with Crippen LogP contribution in [0.1, 0.15) is 19.4 Å². The first kappa shape index (κ1) is 20.7. The summed E-state index contributed by atoms with van der Waals surface area (Å²) in [7, 11) is 0. The zero-order valence-electron chi connectivity index (χ0n) is 18.2. The molecule has 2 aromatic heterocycles. The van der Waals surface area contributed by atoms with Crippen molar-refractivity contribution in [2.75, 3.05) is 11.4 Å². The molecule has 0 saturated carbocycles. The number of morpholine rings is 1. The van der Waals surface area contributed by atoms with Crippen molar-refractivity contribution in [3.63, 3.8) is 0 Å². The monoisotopic (exact) mass is 466 g/mol. The number of halogens is 1. The van der Waals surface area contributed by atoms with Gasteiger partial charge in [-0.05, 0) is 25.5 Å². The van der Waals surface area contributed by atoms with Crippen molar-refractivity contribution >= 4 is 34.5 Å². The Labute approximate surface area is 191 Å². The zero-order valence-corrected chi connectivity index (χ0v) is 18.2. The minimum atomic E-state index is -1.70. The molecule has 6 rings (SSSR count). The highest BCUT2D eigenvalue weighted by atomic mass is 19.1. The Bertz CT molecular complexity index is 1360. The van der Waals surface area contributed by atoms with E-state index in [9.17, 15) is 14.4 Å². The van der Waals surface area contributed by atoms with Crippen LogP contribution in [0.25, 0.3) is 22.4 Å². The van der Waals surface area contributed by atoms with Crippen LogP contribution < -0.4 is 15.5 Å². The number of carbonyl (C=O) groups is 3. The number of hydrogen-bond donors (Lipinski definition) is 2. The van der Waals surface area contributed by atoms with Gasteiger partial charge >= 0.3 is 6.03 Å². The van der Waals surface area contributed by atoms with Crippen molar-refractivity contribution in [1.29, 1.82) is 0 Å². The second-order valence-electron chi connectivity index (χ2n) is 8.83. The number of aromatic nitrogens is 3. The summed E-state index contributed by atoms with van der Waals surface area (Å²) in [4.78, 5) is 48.3. The molecule has 11 nitrogen and oxygen atoms in total. The van der Waals surface area contributed by atoms with Gasteiger partial charge in [-0.15, -0.1) is 0 Å². The Kier molecular flexibility index (Phi) is 4.27. The van der Waals surface area contributed by atoms with Crippen LogP contribution in [0.15, 0.2) is 29.2 Å². The van der Waals surface area contributed by atoms with Gasteiger partial charge in [0.05, 0.1) is 35.5 Å². The fourth-order valence-electron chi connectivity index (χ4n) is 5.55. The van der Waals surface area contributed by atoms with Gasteiger partial charge in [0, 0.05) is 25.4 Å². The van der Waals surface area contributed by atoms with Gasteiger partial charge in [-0.1, -0.05) is 5.16 Å². The summed E-state index contributed by atoms with van der Waals surface area (Å²) in [5.41, 5.74) is -0.452. The maximum absolute atomic E-state index is 16.0. The van der Waals surface area contributed by atoms with Crippen molar-refractivity contribution in [1.82, 2.24) is 25.8 Å². The predicted molar refractivity (Wildman–Crippen MR) is 114 cm³/mol. The van der Waals surface area contributed by atoms with E-state index < -0.39 is 41.2 Å². The number of benzene rings is 1. The van der Waals surface area contributed by atoms with E-state index in [0.717, 1.165) is 0 Å². The third kappa shape index (κ3) is 2.65. The highest BCUT2D eigenvalue weighted by molar-refractivity contribution is 6.20. The summed E-state index contributed by atoms with van der Waals surface area (Å²) in [6.07, 6.45) is 3.40. The standard InChI is InChI=1S/C22H19FN6O5/c1-9-8-29-16-11(5-12-15(13-7-24-3-4-25-13)28-34-17(12)14(16)23)6-22(18(29)10(2)33-9)19(30)26-21(32)27-20(22)31/h3-5,7,9-10,18H,6,8H2,1-2H3,(H2,26,27,30,31,32)/t9-,10+,18-/m1/s1. The van der Waals surface area contributed by atoms with Crippen molar-refractivity contribution < 1.29 is 28.0 Å². The molecule has 12 heteroatoms. The molecule has 3 aromatic rings. The molecule has 3 aliphatic rings. The number of urea groups is 1. The molecule has 1 spiro atoms. The Morgan fingerprint density at radius 1 is 1.18 bits per heavy atom. The first-order valence-electron chi connectivity index (χ1n) is 10.8. The minimum Gasteiger partial charge on any atom is -0.372 e. The normalized spacial score (nSPS) is 25.7. The third-order valence-electron chi connectivity index (χ3n) is 6.77. The Balaban J connectivity index is 1.61. The largest absolute Gasteiger partial charge is 0.372 e. The van der Waals surface area contributed by atoms with E-state index >= 15 is 4.39 Å². The second kappa shape index (κ2) is 7.03. The molecule has 174 valence electrons. The predicted octanol–water partition coefficient (Wildman–Crippen LogP) is 1.31. The molecule has 2 N–H and O–H groups in total. The summed E-state index contributed by atoms with van der Waals surface area (Å²) < 4.78 is 27.3. The van der Waals surface area contributed by atoms with E-state index in [1.807, 2.05) is 6.92 Å². The molecule has 3 atom stereocenters. The maximum Gasteiger partial charge on any atom is 0.328 e. The van der Waals surface area contributed by atoms with Crippen molar-refractivity contribution in [2.45, 2.75) is 38.5 Å². The van der Waals surface area contributed by atoms with Crippen LogP contribution in [0.4, 0.5) is 14.9 Å². The molecule has 4 amide bonds. The maximum atomic E-state index is 16.0. The van der Waals surface area contributed by atoms with E-state index in [4.69, 9.17) is 9.26 Å². The van der Waals surface area contributed by atoms with Gasteiger partial charge in [0.2, 0.25) is 17.4 Å². The number of anilines is 1. The van der Waals surface area contributed by atoms with Gasteiger partial charge in [-0.3, -0.25) is 30.2 Å². The molecule has 2 fully saturated rings. The fraction of sp³-hybridized carbons (Fsp3) is 0.364. The summed E-state index contributed by atoms with van der Waals surface area (Å²) in [6.45, 7) is 3.79. The molecular weight excluding hydrogens is 447 g/mol. The van der Waals surface area contributed by atoms with Gasteiger partial charge in [-0.2, -0.15) is 0 Å². The number of fused-ring (bicyclic) bond motifs is 5. The number of nitrogens with one attached hydrogen (secondary N) is 2. The highest BCUT2D eigenvalue weighted by Crippen LogP contribution is 2.49. The summed E-state index contributed by atoms with van der Waals surface area (Å²) >= 11 is 0. The first-order valence-corrected chi connectivity index (χ1v) is 10.8. The number of ether oxygens (including phenoxy) is 1.